The first-order valence-corrected chi connectivity index (χ1v) is 8.38. The Morgan fingerprint density at radius 1 is 0.931 bits per heavy atom. The van der Waals surface area contributed by atoms with E-state index in [1.54, 1.807) is 0 Å². The summed E-state index contributed by atoms with van der Waals surface area (Å²) in [7, 11) is 0. The first-order valence-electron chi connectivity index (χ1n) is 8.38. The Bertz CT molecular complexity index is 849. The van der Waals surface area contributed by atoms with Gasteiger partial charge in [-0.1, -0.05) is 12.1 Å². The summed E-state index contributed by atoms with van der Waals surface area (Å²) < 4.78 is 96.4. The van der Waals surface area contributed by atoms with Gasteiger partial charge in [0.1, 0.15) is 11.4 Å². The summed E-state index contributed by atoms with van der Waals surface area (Å²) in [6.45, 7) is -0.358. The maximum absolute atomic E-state index is 13.2. The number of alkyl halides is 6. The van der Waals surface area contributed by atoms with Crippen molar-refractivity contribution in [1.82, 2.24) is 5.32 Å². The van der Waals surface area contributed by atoms with Crippen LogP contribution in [0.4, 0.5) is 30.7 Å². The van der Waals surface area contributed by atoms with Crippen molar-refractivity contribution < 1.29 is 35.5 Å². The molecule has 1 unspecified atom stereocenters. The van der Waals surface area contributed by atoms with Crippen molar-refractivity contribution in [2.75, 3.05) is 13.2 Å². The number of aliphatic imine (C=N–C) groups is 1. The average Bonchev–Trinajstić information content (AvgIpc) is 3.10. The smallest absolute Gasteiger partial charge is 0.374 e. The highest BCUT2D eigenvalue weighted by atomic mass is 19.4. The number of nitrogens with zero attached hydrogens (tertiary/aromatic N) is 1. The van der Waals surface area contributed by atoms with Crippen molar-refractivity contribution in [3.63, 3.8) is 0 Å². The van der Waals surface area contributed by atoms with E-state index in [1.165, 1.54) is 30.6 Å². The molecule has 0 bridgehead atoms. The van der Waals surface area contributed by atoms with E-state index in [0.29, 0.717) is 17.7 Å². The van der Waals surface area contributed by atoms with E-state index >= 15 is 0 Å². The van der Waals surface area contributed by atoms with Crippen LogP contribution in [-0.2, 0) is 29.2 Å². The molecule has 1 N–H and O–H groups in total. The Morgan fingerprint density at radius 3 is 2.00 bits per heavy atom. The Morgan fingerprint density at radius 2 is 1.52 bits per heavy atom. The van der Waals surface area contributed by atoms with Crippen LogP contribution in [0.3, 0.4) is 0 Å². The predicted octanol–water partition coefficient (Wildman–Crippen LogP) is 4.91. The number of halogens is 7. The molecule has 3 rings (SSSR count). The molecular formula is C19H15F7N2O. The molecule has 0 saturated carbocycles. The van der Waals surface area contributed by atoms with Gasteiger partial charge in [-0.15, -0.1) is 0 Å². The second-order valence-electron chi connectivity index (χ2n) is 6.61. The minimum atomic E-state index is -4.92. The van der Waals surface area contributed by atoms with Crippen LogP contribution in [0, 0.1) is 5.82 Å². The van der Waals surface area contributed by atoms with Gasteiger partial charge in [-0.25, -0.2) is 4.39 Å². The zero-order valence-electron chi connectivity index (χ0n) is 14.7. The molecule has 1 atom stereocenters. The van der Waals surface area contributed by atoms with Crippen LogP contribution in [0.2, 0.25) is 0 Å². The Hall–Kier alpha value is -2.62. The Kier molecular flexibility index (Phi) is 5.57. The average molecular weight is 420 g/mol. The molecule has 0 saturated heterocycles. The quantitative estimate of drug-likeness (QED) is 0.698. The van der Waals surface area contributed by atoms with Crippen LogP contribution >= 0.6 is 0 Å². The molecule has 1 heterocycles. The maximum Gasteiger partial charge on any atom is 0.416 e. The van der Waals surface area contributed by atoms with Crippen LogP contribution in [-0.4, -0.2) is 19.5 Å². The van der Waals surface area contributed by atoms with Gasteiger partial charge >= 0.3 is 12.4 Å². The highest BCUT2D eigenvalue weighted by Gasteiger charge is 2.37. The van der Waals surface area contributed by atoms with Gasteiger partial charge in [0.15, 0.2) is 0 Å². The fourth-order valence-corrected chi connectivity index (χ4v) is 2.98. The van der Waals surface area contributed by atoms with Gasteiger partial charge in [0.05, 0.1) is 37.2 Å². The molecule has 2 aromatic rings. The number of hydrogen-bond donors (Lipinski definition) is 1. The molecule has 3 nitrogen and oxygen atoms in total. The van der Waals surface area contributed by atoms with E-state index < -0.39 is 41.4 Å². The molecule has 10 heteroatoms. The molecular weight excluding hydrogens is 405 g/mol. The second-order valence-corrected chi connectivity index (χ2v) is 6.61. The summed E-state index contributed by atoms with van der Waals surface area (Å²) in [5.41, 5.74) is -3.33. The second kappa shape index (κ2) is 7.66. The normalized spacial score (nSPS) is 19.4. The summed E-state index contributed by atoms with van der Waals surface area (Å²) in [5, 5.41) is 2.96. The standard InChI is InChI=1S/C19H15F7N2O/c20-16-3-1-13(2-4-16)17(9-27-11-28-17)10-29-8-12-5-14(18(21,22)23)7-15(6-12)19(24,25)26/h1-7,11H,8-10H2,(H,27,28). The molecule has 0 radical (unpaired) electrons. The number of nitrogens with one attached hydrogen (secondary N) is 1. The van der Waals surface area contributed by atoms with E-state index in [2.05, 4.69) is 10.3 Å². The summed E-state index contributed by atoms with van der Waals surface area (Å²) >= 11 is 0. The van der Waals surface area contributed by atoms with Crippen molar-refractivity contribution in [2.45, 2.75) is 24.5 Å². The number of rotatable bonds is 5. The zero-order chi connectivity index (χ0) is 21.3. The maximum atomic E-state index is 13.2. The number of ether oxygens (including phenoxy) is 1. The lowest BCUT2D eigenvalue weighted by Crippen LogP contribution is -2.44. The van der Waals surface area contributed by atoms with Crippen LogP contribution in [0.25, 0.3) is 0 Å². The number of benzene rings is 2. The van der Waals surface area contributed by atoms with Crippen molar-refractivity contribution >= 4 is 6.34 Å². The molecule has 0 aliphatic carbocycles. The van der Waals surface area contributed by atoms with Crippen molar-refractivity contribution in [2.24, 2.45) is 4.99 Å². The van der Waals surface area contributed by atoms with Crippen LogP contribution in [0.15, 0.2) is 47.5 Å². The van der Waals surface area contributed by atoms with Gasteiger partial charge < -0.3 is 10.1 Å². The van der Waals surface area contributed by atoms with Crippen molar-refractivity contribution in [1.29, 1.82) is 0 Å². The third-order valence-corrected chi connectivity index (χ3v) is 4.45. The van der Waals surface area contributed by atoms with Gasteiger partial charge in [0, 0.05) is 0 Å². The first kappa shape index (κ1) is 21.1. The van der Waals surface area contributed by atoms with E-state index in [9.17, 15) is 30.7 Å². The summed E-state index contributed by atoms with van der Waals surface area (Å²) in [6.07, 6.45) is -8.43. The molecule has 2 aromatic carbocycles. The molecule has 29 heavy (non-hydrogen) atoms. The zero-order valence-corrected chi connectivity index (χ0v) is 14.7. The van der Waals surface area contributed by atoms with E-state index in [-0.39, 0.29) is 24.8 Å². The fourth-order valence-electron chi connectivity index (χ4n) is 2.98. The first-order chi connectivity index (χ1) is 13.5. The van der Waals surface area contributed by atoms with Crippen molar-refractivity contribution in [3.8, 4) is 0 Å². The van der Waals surface area contributed by atoms with Crippen LogP contribution in [0.1, 0.15) is 22.3 Å². The minimum absolute atomic E-state index is 0.0653. The SMILES string of the molecule is Fc1ccc(C2(COCc3cc(C(F)(F)F)cc(C(F)(F)F)c3)CN=CN2)cc1. The van der Waals surface area contributed by atoms with Crippen LogP contribution < -0.4 is 5.32 Å². The van der Waals surface area contributed by atoms with Gasteiger partial charge in [-0.3, -0.25) is 4.99 Å². The minimum Gasteiger partial charge on any atom is -0.374 e. The topological polar surface area (TPSA) is 33.6 Å². The van der Waals surface area contributed by atoms with Crippen LogP contribution in [0.5, 0.6) is 0 Å². The summed E-state index contributed by atoms with van der Waals surface area (Å²) in [4.78, 5) is 4.05. The van der Waals surface area contributed by atoms with Gasteiger partial charge in [0.25, 0.3) is 0 Å². The molecule has 1 aliphatic rings. The Labute approximate surface area is 161 Å². The Balaban J connectivity index is 1.79. The number of hydrogen-bond acceptors (Lipinski definition) is 3. The summed E-state index contributed by atoms with van der Waals surface area (Å²) in [5.74, 6) is -0.452. The lowest BCUT2D eigenvalue weighted by molar-refractivity contribution is -0.143. The monoisotopic (exact) mass is 420 g/mol. The van der Waals surface area contributed by atoms with E-state index in [0.717, 1.165) is 0 Å². The van der Waals surface area contributed by atoms with Crippen molar-refractivity contribution in [3.05, 3.63) is 70.5 Å². The third kappa shape index (κ3) is 4.87. The third-order valence-electron chi connectivity index (χ3n) is 4.45. The molecule has 0 amide bonds. The van der Waals surface area contributed by atoms with E-state index in [1.807, 2.05) is 0 Å². The predicted molar refractivity (Wildman–Crippen MR) is 90.7 cm³/mol. The van der Waals surface area contributed by atoms with E-state index in [4.69, 9.17) is 4.74 Å². The fraction of sp³-hybridized carbons (Fsp3) is 0.316. The highest BCUT2D eigenvalue weighted by molar-refractivity contribution is 5.60. The molecule has 1 aliphatic heterocycles. The largest absolute Gasteiger partial charge is 0.416 e. The van der Waals surface area contributed by atoms with Gasteiger partial charge in [-0.2, -0.15) is 26.3 Å². The van der Waals surface area contributed by atoms with Gasteiger partial charge in [-0.05, 0) is 41.5 Å². The lowest BCUT2D eigenvalue weighted by Gasteiger charge is -2.29. The van der Waals surface area contributed by atoms with Gasteiger partial charge in [0.2, 0.25) is 0 Å². The molecule has 0 fully saturated rings. The molecule has 156 valence electrons. The highest BCUT2D eigenvalue weighted by Crippen LogP contribution is 2.36. The lowest BCUT2D eigenvalue weighted by atomic mass is 9.91. The summed E-state index contributed by atoms with van der Waals surface area (Å²) in [6, 6.07) is 6.80. The molecule has 0 aromatic heterocycles. The molecule has 0 spiro atoms.